The molecule has 5 heteroatoms. The van der Waals surface area contributed by atoms with E-state index < -0.39 is 0 Å². The van der Waals surface area contributed by atoms with E-state index >= 15 is 0 Å². The number of nitrogens with zero attached hydrogens (tertiary/aromatic N) is 3. The Morgan fingerprint density at radius 1 is 1.53 bits per heavy atom. The molecule has 78 valence electrons. The second-order valence-corrected chi connectivity index (χ2v) is 4.38. The third-order valence-electron chi connectivity index (χ3n) is 2.39. The van der Waals surface area contributed by atoms with E-state index in [2.05, 4.69) is 26.0 Å². The number of hydrogen-bond donors (Lipinski definition) is 1. The number of fused-ring (bicyclic) bond motifs is 1. The molecule has 0 saturated heterocycles. The Bertz CT molecular complexity index is 517. The standard InChI is InChI=1S/C10H11BrN4/c1-6-10(7(2)14-12)15-5-8(11)3-4-9(15)13-6/h3-5,7,12H,1-2H3. The van der Waals surface area contributed by atoms with Crippen LogP contribution in [0.5, 0.6) is 0 Å². The summed E-state index contributed by atoms with van der Waals surface area (Å²) in [7, 11) is 0. The lowest BCUT2D eigenvalue weighted by Gasteiger charge is -2.05. The summed E-state index contributed by atoms with van der Waals surface area (Å²) < 4.78 is 2.97. The van der Waals surface area contributed by atoms with Crippen LogP contribution >= 0.6 is 15.9 Å². The van der Waals surface area contributed by atoms with Crippen LogP contribution in [0.3, 0.4) is 0 Å². The normalized spacial score (nSPS) is 13.0. The van der Waals surface area contributed by atoms with Crippen molar-refractivity contribution in [3.05, 3.63) is 34.2 Å². The van der Waals surface area contributed by atoms with Crippen molar-refractivity contribution >= 4 is 21.6 Å². The summed E-state index contributed by atoms with van der Waals surface area (Å²) in [6.45, 7) is 3.84. The Morgan fingerprint density at radius 2 is 2.27 bits per heavy atom. The van der Waals surface area contributed by atoms with E-state index in [1.165, 1.54) is 0 Å². The number of hydrogen-bond acceptors (Lipinski definition) is 3. The minimum atomic E-state index is -0.158. The fourth-order valence-electron chi connectivity index (χ4n) is 1.72. The summed E-state index contributed by atoms with van der Waals surface area (Å²) in [5.41, 5.74) is 9.87. The second kappa shape index (κ2) is 3.73. The van der Waals surface area contributed by atoms with Crippen LogP contribution in [0.1, 0.15) is 24.4 Å². The summed E-state index contributed by atoms with van der Waals surface area (Å²) in [5, 5.41) is 3.55. The smallest absolute Gasteiger partial charge is 0.137 e. The molecule has 0 bridgehead atoms. The summed E-state index contributed by atoms with van der Waals surface area (Å²) in [4.78, 5) is 4.42. The molecule has 1 unspecified atom stereocenters. The fraction of sp³-hybridized carbons (Fsp3) is 0.300. The van der Waals surface area contributed by atoms with Gasteiger partial charge in [0.15, 0.2) is 0 Å². The molecule has 0 fully saturated rings. The van der Waals surface area contributed by atoms with Crippen LogP contribution in [0, 0.1) is 12.5 Å². The number of pyridine rings is 1. The molecule has 1 N–H and O–H groups in total. The third kappa shape index (κ3) is 1.67. The van der Waals surface area contributed by atoms with Crippen molar-refractivity contribution in [2.75, 3.05) is 0 Å². The van der Waals surface area contributed by atoms with Crippen LogP contribution in [-0.4, -0.2) is 9.38 Å². The van der Waals surface area contributed by atoms with Gasteiger partial charge in [0, 0.05) is 10.7 Å². The highest BCUT2D eigenvalue weighted by Crippen LogP contribution is 2.23. The SMILES string of the molecule is Cc1nc2ccc(Br)cn2c1C(C)N=N. The van der Waals surface area contributed by atoms with E-state index in [-0.39, 0.29) is 6.04 Å². The van der Waals surface area contributed by atoms with Crippen LogP contribution in [0.25, 0.3) is 5.65 Å². The van der Waals surface area contributed by atoms with Gasteiger partial charge in [0.05, 0.1) is 11.4 Å². The maximum absolute atomic E-state index is 7.08. The lowest BCUT2D eigenvalue weighted by atomic mass is 10.2. The quantitative estimate of drug-likeness (QED) is 0.832. The van der Waals surface area contributed by atoms with Crippen LogP contribution in [0.2, 0.25) is 0 Å². The van der Waals surface area contributed by atoms with Crippen LogP contribution in [-0.2, 0) is 0 Å². The lowest BCUT2D eigenvalue weighted by Crippen LogP contribution is -1.97. The first kappa shape index (κ1) is 10.3. The molecule has 1 atom stereocenters. The first-order valence-electron chi connectivity index (χ1n) is 4.64. The Labute approximate surface area is 96.0 Å². The van der Waals surface area contributed by atoms with Gasteiger partial charge in [-0.2, -0.15) is 5.11 Å². The Balaban J connectivity index is 2.75. The zero-order valence-electron chi connectivity index (χ0n) is 8.53. The third-order valence-corrected chi connectivity index (χ3v) is 2.86. The second-order valence-electron chi connectivity index (χ2n) is 3.46. The highest BCUT2D eigenvalue weighted by atomic mass is 79.9. The monoisotopic (exact) mass is 266 g/mol. The van der Waals surface area contributed by atoms with Gasteiger partial charge in [0.1, 0.15) is 11.7 Å². The van der Waals surface area contributed by atoms with Gasteiger partial charge in [-0.25, -0.2) is 10.5 Å². The molecule has 0 saturated carbocycles. The molecule has 0 aliphatic carbocycles. The van der Waals surface area contributed by atoms with E-state index in [1.54, 1.807) is 0 Å². The molecule has 2 aromatic rings. The van der Waals surface area contributed by atoms with Gasteiger partial charge in [0.2, 0.25) is 0 Å². The average molecular weight is 267 g/mol. The molecule has 2 rings (SSSR count). The molecule has 0 aliphatic rings. The van der Waals surface area contributed by atoms with Crippen LogP contribution < -0.4 is 0 Å². The predicted octanol–water partition coefficient (Wildman–Crippen LogP) is 3.50. The first-order chi connectivity index (χ1) is 7.13. The van der Waals surface area contributed by atoms with Gasteiger partial charge in [0.25, 0.3) is 0 Å². The van der Waals surface area contributed by atoms with Crippen molar-refractivity contribution in [1.29, 1.82) is 5.53 Å². The minimum absolute atomic E-state index is 0.158. The van der Waals surface area contributed by atoms with E-state index in [9.17, 15) is 0 Å². The van der Waals surface area contributed by atoms with Gasteiger partial charge in [-0.15, -0.1) is 0 Å². The first-order valence-corrected chi connectivity index (χ1v) is 5.43. The molecule has 15 heavy (non-hydrogen) atoms. The van der Waals surface area contributed by atoms with Crippen molar-refractivity contribution in [3.8, 4) is 0 Å². The Hall–Kier alpha value is -1.23. The van der Waals surface area contributed by atoms with E-state index in [4.69, 9.17) is 5.53 Å². The summed E-state index contributed by atoms with van der Waals surface area (Å²) in [6.07, 6.45) is 1.95. The highest BCUT2D eigenvalue weighted by molar-refractivity contribution is 9.10. The van der Waals surface area contributed by atoms with Crippen molar-refractivity contribution in [2.45, 2.75) is 19.9 Å². The predicted molar refractivity (Wildman–Crippen MR) is 61.2 cm³/mol. The minimum Gasteiger partial charge on any atom is -0.300 e. The molecular weight excluding hydrogens is 256 g/mol. The number of halogens is 1. The largest absolute Gasteiger partial charge is 0.300 e. The van der Waals surface area contributed by atoms with Crippen LogP contribution in [0.15, 0.2) is 27.9 Å². The van der Waals surface area contributed by atoms with Gasteiger partial charge in [-0.05, 0) is 41.9 Å². The van der Waals surface area contributed by atoms with E-state index in [0.29, 0.717) is 0 Å². The fourth-order valence-corrected chi connectivity index (χ4v) is 2.06. The average Bonchev–Trinajstić information content (AvgIpc) is 2.52. The summed E-state index contributed by atoms with van der Waals surface area (Å²) in [5.74, 6) is 0. The van der Waals surface area contributed by atoms with Gasteiger partial charge >= 0.3 is 0 Å². The molecule has 4 nitrogen and oxygen atoms in total. The number of nitrogens with one attached hydrogen (secondary N) is 1. The highest BCUT2D eigenvalue weighted by Gasteiger charge is 2.14. The molecule has 0 spiro atoms. The summed E-state index contributed by atoms with van der Waals surface area (Å²) >= 11 is 3.42. The Kier molecular flexibility index (Phi) is 2.56. The molecule has 2 heterocycles. The van der Waals surface area contributed by atoms with Crippen molar-refractivity contribution in [1.82, 2.24) is 9.38 Å². The maximum atomic E-state index is 7.08. The molecule has 0 radical (unpaired) electrons. The molecular formula is C10H11BrN4. The van der Waals surface area contributed by atoms with Gasteiger partial charge < -0.3 is 4.40 Å². The summed E-state index contributed by atoms with van der Waals surface area (Å²) in [6, 6.07) is 3.74. The Morgan fingerprint density at radius 3 is 2.93 bits per heavy atom. The van der Waals surface area contributed by atoms with Crippen LogP contribution in [0.4, 0.5) is 0 Å². The number of rotatable bonds is 2. The zero-order chi connectivity index (χ0) is 11.0. The molecule has 0 aromatic carbocycles. The topological polar surface area (TPSA) is 53.5 Å². The van der Waals surface area contributed by atoms with E-state index in [0.717, 1.165) is 21.5 Å². The van der Waals surface area contributed by atoms with Gasteiger partial charge in [-0.3, -0.25) is 0 Å². The lowest BCUT2D eigenvalue weighted by molar-refractivity contribution is 0.696. The van der Waals surface area contributed by atoms with Crippen molar-refractivity contribution in [2.24, 2.45) is 5.11 Å². The zero-order valence-corrected chi connectivity index (χ0v) is 10.1. The van der Waals surface area contributed by atoms with Crippen molar-refractivity contribution in [3.63, 3.8) is 0 Å². The van der Waals surface area contributed by atoms with E-state index in [1.807, 2.05) is 36.6 Å². The number of imidazole rings is 1. The van der Waals surface area contributed by atoms with Crippen molar-refractivity contribution < 1.29 is 0 Å². The molecule has 0 amide bonds. The van der Waals surface area contributed by atoms with Gasteiger partial charge in [-0.1, -0.05) is 0 Å². The molecule has 2 aromatic heterocycles. The number of aryl methyl sites for hydroxylation is 1. The molecule has 0 aliphatic heterocycles. The number of aromatic nitrogens is 2. The maximum Gasteiger partial charge on any atom is 0.137 e.